The fourth-order valence-electron chi connectivity index (χ4n) is 6.15. The zero-order valence-electron chi connectivity index (χ0n) is 22.3. The number of nitrogen functional groups attached to an aromatic ring is 1. The summed E-state index contributed by atoms with van der Waals surface area (Å²) in [6, 6.07) is 33.6. The van der Waals surface area contributed by atoms with Gasteiger partial charge in [0.1, 0.15) is 0 Å². The van der Waals surface area contributed by atoms with Crippen molar-refractivity contribution < 1.29 is 9.59 Å². The Labute approximate surface area is 234 Å². The van der Waals surface area contributed by atoms with E-state index in [2.05, 4.69) is 24.3 Å². The lowest BCUT2D eigenvalue weighted by Gasteiger charge is -2.12. The highest BCUT2D eigenvalue weighted by molar-refractivity contribution is 6.27. The molecule has 2 bridgehead atoms. The third kappa shape index (κ3) is 4.87. The molecular weight excluding hydrogens is 490 g/mol. The Morgan fingerprint density at radius 1 is 0.575 bits per heavy atom. The van der Waals surface area contributed by atoms with Crippen LogP contribution in [0, 0.1) is 11.8 Å². The van der Waals surface area contributed by atoms with E-state index < -0.39 is 0 Å². The largest absolute Gasteiger partial charge is 0.398 e. The molecule has 6 aromatic rings. The van der Waals surface area contributed by atoms with E-state index in [4.69, 9.17) is 5.73 Å². The number of hydrogen-bond acceptors (Lipinski definition) is 3. The molecule has 2 aliphatic rings. The molecular formula is C37H31NO2. The molecule has 0 spiro atoms. The summed E-state index contributed by atoms with van der Waals surface area (Å²) in [7, 11) is 0. The topological polar surface area (TPSA) is 60.2 Å². The van der Waals surface area contributed by atoms with Gasteiger partial charge in [-0.15, -0.1) is 0 Å². The van der Waals surface area contributed by atoms with Crippen LogP contribution in [0.1, 0.15) is 40.0 Å². The van der Waals surface area contributed by atoms with Crippen LogP contribution in [0.5, 0.6) is 0 Å². The summed E-state index contributed by atoms with van der Waals surface area (Å²) in [6.07, 6.45) is 10.9. The summed E-state index contributed by atoms with van der Waals surface area (Å²) in [5.41, 5.74) is 10.3. The number of allylic oxidation sites excluding steroid dienone is 2. The number of aldehydes is 2. The molecule has 0 heterocycles. The van der Waals surface area contributed by atoms with Gasteiger partial charge in [-0.25, -0.2) is 0 Å². The molecule has 2 N–H and O–H groups in total. The number of rotatable bonds is 3. The maximum atomic E-state index is 11.2. The van der Waals surface area contributed by atoms with Gasteiger partial charge < -0.3 is 5.73 Å². The molecule has 196 valence electrons. The van der Waals surface area contributed by atoms with Crippen LogP contribution >= 0.6 is 0 Å². The van der Waals surface area contributed by atoms with Gasteiger partial charge in [0.05, 0.1) is 0 Å². The minimum Gasteiger partial charge on any atom is -0.398 e. The van der Waals surface area contributed by atoms with Gasteiger partial charge in [-0.05, 0) is 75.0 Å². The van der Waals surface area contributed by atoms with Gasteiger partial charge in [0, 0.05) is 22.4 Å². The molecule has 2 aliphatic carbocycles. The van der Waals surface area contributed by atoms with E-state index in [-0.39, 0.29) is 0 Å². The third-order valence-corrected chi connectivity index (χ3v) is 8.20. The summed E-state index contributed by atoms with van der Waals surface area (Å²) in [4.78, 5) is 22.4. The zero-order valence-corrected chi connectivity index (χ0v) is 22.3. The number of anilines is 1. The average Bonchev–Trinajstić information content (AvgIpc) is 3.68. The first-order chi connectivity index (χ1) is 19.7. The van der Waals surface area contributed by atoms with E-state index in [1.54, 1.807) is 0 Å². The molecule has 3 nitrogen and oxygen atoms in total. The number of carbonyl (C=O) groups is 2. The molecule has 1 saturated carbocycles. The third-order valence-electron chi connectivity index (χ3n) is 8.20. The van der Waals surface area contributed by atoms with Crippen molar-refractivity contribution in [2.45, 2.75) is 19.3 Å². The number of carbonyl (C=O) groups excluding carboxylic acids is 2. The van der Waals surface area contributed by atoms with E-state index in [0.717, 1.165) is 68.0 Å². The van der Waals surface area contributed by atoms with E-state index >= 15 is 0 Å². The lowest BCUT2D eigenvalue weighted by molar-refractivity contribution is 0.111. The lowest BCUT2D eigenvalue weighted by atomic mass is 9.90. The summed E-state index contributed by atoms with van der Waals surface area (Å²) >= 11 is 0. The Balaban J connectivity index is 0.000000123. The van der Waals surface area contributed by atoms with Crippen LogP contribution in [-0.2, 0) is 0 Å². The Morgan fingerprint density at radius 2 is 1.07 bits per heavy atom. The van der Waals surface area contributed by atoms with E-state index in [1.165, 1.54) is 24.8 Å². The molecule has 0 saturated heterocycles. The van der Waals surface area contributed by atoms with Gasteiger partial charge in [0.25, 0.3) is 0 Å². The molecule has 40 heavy (non-hydrogen) atoms. The molecule has 6 aromatic carbocycles. The van der Waals surface area contributed by atoms with Crippen LogP contribution in [-0.4, -0.2) is 12.6 Å². The van der Waals surface area contributed by atoms with E-state index in [0.29, 0.717) is 11.1 Å². The average molecular weight is 522 g/mol. The summed E-state index contributed by atoms with van der Waals surface area (Å²) in [6.45, 7) is 0. The number of fused-ring (bicyclic) bond motifs is 2. The molecule has 3 heteroatoms. The highest BCUT2D eigenvalue weighted by atomic mass is 16.1. The van der Waals surface area contributed by atoms with Gasteiger partial charge in [-0.2, -0.15) is 0 Å². The first-order valence-electron chi connectivity index (χ1n) is 13.9. The highest BCUT2D eigenvalue weighted by Crippen LogP contribution is 2.38. The number of nitrogens with two attached hydrogens (primary N) is 1. The van der Waals surface area contributed by atoms with E-state index in [1.807, 2.05) is 91.0 Å². The van der Waals surface area contributed by atoms with Crippen LogP contribution in [0.3, 0.4) is 0 Å². The number of hydrogen-bond donors (Lipinski definition) is 1. The molecule has 2 atom stereocenters. The van der Waals surface area contributed by atoms with Gasteiger partial charge >= 0.3 is 0 Å². The van der Waals surface area contributed by atoms with Crippen molar-refractivity contribution in [3.8, 4) is 11.1 Å². The summed E-state index contributed by atoms with van der Waals surface area (Å²) < 4.78 is 0. The maximum Gasteiger partial charge on any atom is 0.150 e. The van der Waals surface area contributed by atoms with Gasteiger partial charge in [-0.1, -0.05) is 109 Å². The summed E-state index contributed by atoms with van der Waals surface area (Å²) in [5.74, 6) is 1.98. The van der Waals surface area contributed by atoms with Crippen LogP contribution in [0.4, 0.5) is 5.69 Å². The Morgan fingerprint density at radius 3 is 1.52 bits per heavy atom. The molecule has 0 amide bonds. The fraction of sp³-hybridized carbons (Fsp3) is 0.135. The standard InChI is InChI=1S/C18H10O2.C12H11N.C7H10/c19-9-13-3-1-11-5-7-16-14(10-20)4-2-12-6-8-15(13)17(11)18(12)16;13-12-9-5-4-8-11(12)10-6-2-1-3-7-10;1-2-7-4-3-6(1)5-7/h1-10H;1-9H,13H2;1-2,6-7H,3-5H2. The molecule has 2 unspecified atom stereocenters. The smallest absolute Gasteiger partial charge is 0.150 e. The monoisotopic (exact) mass is 521 g/mol. The quantitative estimate of drug-likeness (QED) is 0.109. The van der Waals surface area contributed by atoms with Crippen molar-refractivity contribution in [2.24, 2.45) is 11.8 Å². The van der Waals surface area contributed by atoms with Crippen molar-refractivity contribution in [1.29, 1.82) is 0 Å². The second kappa shape index (κ2) is 11.2. The van der Waals surface area contributed by atoms with Crippen LogP contribution in [0.25, 0.3) is 43.4 Å². The maximum absolute atomic E-state index is 11.2. The van der Waals surface area contributed by atoms with Crippen molar-refractivity contribution in [1.82, 2.24) is 0 Å². The van der Waals surface area contributed by atoms with Crippen molar-refractivity contribution >= 4 is 50.6 Å². The van der Waals surface area contributed by atoms with Crippen LogP contribution in [0.15, 0.2) is 115 Å². The summed E-state index contributed by atoms with van der Waals surface area (Å²) in [5, 5.41) is 6.19. The lowest BCUT2D eigenvalue weighted by Crippen LogP contribution is -1.91. The Bertz CT molecular complexity index is 1740. The predicted molar refractivity (Wildman–Crippen MR) is 167 cm³/mol. The molecule has 0 aromatic heterocycles. The molecule has 0 radical (unpaired) electrons. The second-order valence-corrected chi connectivity index (χ2v) is 10.6. The van der Waals surface area contributed by atoms with Crippen LogP contribution in [0.2, 0.25) is 0 Å². The van der Waals surface area contributed by atoms with Crippen molar-refractivity contribution in [2.75, 3.05) is 5.73 Å². The number of para-hydroxylation sites is 1. The highest BCUT2D eigenvalue weighted by Gasteiger charge is 2.25. The Kier molecular flexibility index (Phi) is 7.11. The predicted octanol–water partition coefficient (Wildman–Crippen LogP) is 9.12. The minimum absolute atomic E-state index is 0.684. The fourth-order valence-corrected chi connectivity index (χ4v) is 6.15. The first-order valence-corrected chi connectivity index (χ1v) is 13.9. The Hall–Kier alpha value is -4.76. The van der Waals surface area contributed by atoms with Crippen LogP contribution < -0.4 is 5.73 Å². The zero-order chi connectivity index (χ0) is 27.5. The van der Waals surface area contributed by atoms with Gasteiger partial charge in [0.15, 0.2) is 12.6 Å². The first kappa shape index (κ1) is 25.5. The SMILES string of the molecule is C1=CC2CCC1C2.Nc1ccccc1-c1ccccc1.O=Cc1ccc2ccc3c(C=O)ccc4ccc1c2c43. The van der Waals surface area contributed by atoms with Gasteiger partial charge in [-0.3, -0.25) is 9.59 Å². The van der Waals surface area contributed by atoms with E-state index in [9.17, 15) is 9.59 Å². The number of benzene rings is 6. The second-order valence-electron chi connectivity index (χ2n) is 10.6. The van der Waals surface area contributed by atoms with Crippen molar-refractivity contribution in [3.05, 3.63) is 126 Å². The molecule has 8 rings (SSSR count). The molecule has 1 fully saturated rings. The molecule has 0 aliphatic heterocycles. The van der Waals surface area contributed by atoms with Gasteiger partial charge in [0.2, 0.25) is 0 Å². The normalized spacial score (nSPS) is 16.9. The minimum atomic E-state index is 0.684. The van der Waals surface area contributed by atoms with Crippen molar-refractivity contribution in [3.63, 3.8) is 0 Å².